The van der Waals surface area contributed by atoms with Crippen LogP contribution in [0.2, 0.25) is 0 Å². The average molecular weight is 399 g/mol. The van der Waals surface area contributed by atoms with E-state index in [0.717, 1.165) is 24.8 Å². The summed E-state index contributed by atoms with van der Waals surface area (Å²) >= 11 is 0. The number of hydrogen-bond donors (Lipinski definition) is 2. The molecule has 0 unspecified atom stereocenters. The van der Waals surface area contributed by atoms with Gasteiger partial charge in [0.25, 0.3) is 0 Å². The Bertz CT molecular complexity index is 802. The molecule has 29 heavy (non-hydrogen) atoms. The zero-order valence-corrected chi connectivity index (χ0v) is 17.1. The van der Waals surface area contributed by atoms with Crippen molar-refractivity contribution in [3.05, 3.63) is 54.0 Å². The summed E-state index contributed by atoms with van der Waals surface area (Å²) in [5.74, 6) is -0.205. The average Bonchev–Trinajstić information content (AvgIpc) is 3.19. The Hall–Kier alpha value is -3.09. The number of hydrogen-bond acceptors (Lipinski definition) is 4. The molecule has 7 heteroatoms. The first-order valence-electron chi connectivity index (χ1n) is 9.91. The first-order valence-corrected chi connectivity index (χ1v) is 9.91. The molecule has 7 nitrogen and oxygen atoms in total. The van der Waals surface area contributed by atoms with E-state index in [-0.39, 0.29) is 37.4 Å². The van der Waals surface area contributed by atoms with Crippen LogP contribution in [-0.2, 0) is 20.9 Å². The highest BCUT2D eigenvalue weighted by Gasteiger charge is 2.19. The van der Waals surface area contributed by atoms with E-state index >= 15 is 0 Å². The molecule has 3 amide bonds. The third-order valence-electron chi connectivity index (χ3n) is 4.36. The van der Waals surface area contributed by atoms with Crippen molar-refractivity contribution in [1.82, 2.24) is 10.2 Å². The normalized spacial score (nSPS) is 10.4. The van der Waals surface area contributed by atoms with Gasteiger partial charge in [-0.3, -0.25) is 14.4 Å². The number of nitrogens with zero attached hydrogens (tertiary/aromatic N) is 1. The summed E-state index contributed by atoms with van der Waals surface area (Å²) in [6.45, 7) is 3.94. The number of aryl methyl sites for hydroxylation is 1. The largest absolute Gasteiger partial charge is 0.467 e. The fourth-order valence-corrected chi connectivity index (χ4v) is 2.84. The SMILES string of the molecule is CCCCCC(=O)N(CC(=O)NCC(=O)Nc1cccc(C)c1)Cc1ccco1. The van der Waals surface area contributed by atoms with Crippen molar-refractivity contribution in [2.75, 3.05) is 18.4 Å². The molecule has 0 radical (unpaired) electrons. The van der Waals surface area contributed by atoms with Gasteiger partial charge in [-0.25, -0.2) is 0 Å². The maximum absolute atomic E-state index is 12.5. The second-order valence-electron chi connectivity index (χ2n) is 6.98. The van der Waals surface area contributed by atoms with Crippen molar-refractivity contribution >= 4 is 23.4 Å². The van der Waals surface area contributed by atoms with Crippen LogP contribution in [0.25, 0.3) is 0 Å². The van der Waals surface area contributed by atoms with Gasteiger partial charge in [0.15, 0.2) is 0 Å². The number of carbonyl (C=O) groups is 3. The van der Waals surface area contributed by atoms with Crippen LogP contribution in [0.1, 0.15) is 43.9 Å². The first-order chi connectivity index (χ1) is 14.0. The quantitative estimate of drug-likeness (QED) is 0.568. The summed E-state index contributed by atoms with van der Waals surface area (Å²) in [5.41, 5.74) is 1.71. The smallest absolute Gasteiger partial charge is 0.243 e. The van der Waals surface area contributed by atoms with Gasteiger partial charge in [0, 0.05) is 12.1 Å². The Balaban J connectivity index is 1.85. The summed E-state index contributed by atoms with van der Waals surface area (Å²) in [4.78, 5) is 38.3. The molecule has 0 aliphatic carbocycles. The van der Waals surface area contributed by atoms with E-state index in [9.17, 15) is 14.4 Å². The predicted octanol–water partition coefficient (Wildman–Crippen LogP) is 3.25. The zero-order valence-electron chi connectivity index (χ0n) is 17.1. The van der Waals surface area contributed by atoms with Crippen LogP contribution in [0.4, 0.5) is 5.69 Å². The molecule has 2 N–H and O–H groups in total. The van der Waals surface area contributed by atoms with Gasteiger partial charge in [-0.1, -0.05) is 31.9 Å². The summed E-state index contributed by atoms with van der Waals surface area (Å²) in [6.07, 6.45) is 4.68. The van der Waals surface area contributed by atoms with Crippen LogP contribution < -0.4 is 10.6 Å². The van der Waals surface area contributed by atoms with Gasteiger partial charge in [0.1, 0.15) is 12.3 Å². The van der Waals surface area contributed by atoms with Crippen LogP contribution in [0.15, 0.2) is 47.1 Å². The van der Waals surface area contributed by atoms with E-state index in [4.69, 9.17) is 4.42 Å². The molecule has 0 fully saturated rings. The van der Waals surface area contributed by atoms with Crippen molar-refractivity contribution in [2.24, 2.45) is 0 Å². The lowest BCUT2D eigenvalue weighted by Gasteiger charge is -2.21. The molecule has 1 aromatic heterocycles. The predicted molar refractivity (Wildman–Crippen MR) is 111 cm³/mol. The van der Waals surface area contributed by atoms with E-state index in [1.165, 1.54) is 11.2 Å². The van der Waals surface area contributed by atoms with Crippen LogP contribution in [0.5, 0.6) is 0 Å². The van der Waals surface area contributed by atoms with Crippen molar-refractivity contribution < 1.29 is 18.8 Å². The molecule has 1 heterocycles. The maximum Gasteiger partial charge on any atom is 0.243 e. The van der Waals surface area contributed by atoms with Gasteiger partial charge in [-0.15, -0.1) is 0 Å². The standard InChI is InChI=1S/C22H29N3O4/c1-3-4-5-11-22(28)25(15-19-10-7-12-29-19)16-21(27)23-14-20(26)24-18-9-6-8-17(2)13-18/h6-10,12-13H,3-5,11,14-16H2,1-2H3,(H,23,27)(H,24,26). The van der Waals surface area contributed by atoms with E-state index < -0.39 is 0 Å². The third-order valence-corrected chi connectivity index (χ3v) is 4.36. The number of unbranched alkanes of at least 4 members (excludes halogenated alkanes) is 2. The lowest BCUT2D eigenvalue weighted by molar-refractivity contribution is -0.137. The van der Waals surface area contributed by atoms with E-state index in [0.29, 0.717) is 17.9 Å². The second-order valence-corrected chi connectivity index (χ2v) is 6.98. The van der Waals surface area contributed by atoms with E-state index in [2.05, 4.69) is 17.6 Å². The monoisotopic (exact) mass is 399 g/mol. The van der Waals surface area contributed by atoms with Gasteiger partial charge in [0.2, 0.25) is 17.7 Å². The van der Waals surface area contributed by atoms with Crippen molar-refractivity contribution in [3.63, 3.8) is 0 Å². The number of carbonyl (C=O) groups excluding carboxylic acids is 3. The van der Waals surface area contributed by atoms with Crippen LogP contribution >= 0.6 is 0 Å². The molecule has 0 saturated carbocycles. The molecule has 2 rings (SSSR count). The van der Waals surface area contributed by atoms with E-state index in [1.807, 2.05) is 25.1 Å². The molecule has 1 aromatic carbocycles. The molecule has 2 aromatic rings. The number of benzene rings is 1. The Morgan fingerprint density at radius 3 is 2.59 bits per heavy atom. The van der Waals surface area contributed by atoms with Gasteiger partial charge in [-0.2, -0.15) is 0 Å². The molecule has 0 spiro atoms. The molecule has 156 valence electrons. The Morgan fingerprint density at radius 2 is 1.90 bits per heavy atom. The van der Waals surface area contributed by atoms with Crippen LogP contribution in [-0.4, -0.2) is 35.7 Å². The summed E-state index contributed by atoms with van der Waals surface area (Å²) in [7, 11) is 0. The summed E-state index contributed by atoms with van der Waals surface area (Å²) in [5, 5.41) is 5.31. The molecule has 0 atom stereocenters. The lowest BCUT2D eigenvalue weighted by atomic mass is 10.2. The number of rotatable bonds is 11. The molecule has 0 aliphatic heterocycles. The number of furan rings is 1. The zero-order chi connectivity index (χ0) is 21.1. The van der Waals surface area contributed by atoms with Gasteiger partial charge >= 0.3 is 0 Å². The highest BCUT2D eigenvalue weighted by atomic mass is 16.3. The molecule has 0 saturated heterocycles. The van der Waals surface area contributed by atoms with Crippen molar-refractivity contribution in [1.29, 1.82) is 0 Å². The lowest BCUT2D eigenvalue weighted by Crippen LogP contribution is -2.42. The Morgan fingerprint density at radius 1 is 1.07 bits per heavy atom. The van der Waals surface area contributed by atoms with Gasteiger partial charge < -0.3 is 20.0 Å². The van der Waals surface area contributed by atoms with Crippen molar-refractivity contribution in [3.8, 4) is 0 Å². The fraction of sp³-hybridized carbons (Fsp3) is 0.409. The Kier molecular flexibility index (Phi) is 8.95. The van der Waals surface area contributed by atoms with E-state index in [1.54, 1.807) is 18.2 Å². The third kappa shape index (κ3) is 8.21. The number of anilines is 1. The van der Waals surface area contributed by atoms with Crippen LogP contribution in [0, 0.1) is 6.92 Å². The highest BCUT2D eigenvalue weighted by Crippen LogP contribution is 2.10. The number of amides is 3. The first kappa shape index (κ1) is 22.2. The molecule has 0 bridgehead atoms. The topological polar surface area (TPSA) is 91.7 Å². The van der Waals surface area contributed by atoms with Crippen LogP contribution in [0.3, 0.4) is 0 Å². The maximum atomic E-state index is 12.5. The van der Waals surface area contributed by atoms with Gasteiger partial charge in [0.05, 0.1) is 19.4 Å². The fourth-order valence-electron chi connectivity index (χ4n) is 2.84. The second kappa shape index (κ2) is 11.7. The minimum atomic E-state index is -0.389. The number of nitrogens with one attached hydrogen (secondary N) is 2. The molecular weight excluding hydrogens is 370 g/mol. The summed E-state index contributed by atoms with van der Waals surface area (Å²) in [6, 6.07) is 10.9. The van der Waals surface area contributed by atoms with Crippen molar-refractivity contribution in [2.45, 2.75) is 46.1 Å². The highest BCUT2D eigenvalue weighted by molar-refractivity contribution is 5.95. The molecular formula is C22H29N3O4. The molecule has 0 aliphatic rings. The van der Waals surface area contributed by atoms with Gasteiger partial charge in [-0.05, 0) is 43.2 Å². The summed E-state index contributed by atoms with van der Waals surface area (Å²) < 4.78 is 5.31. The Labute approximate surface area is 171 Å². The minimum Gasteiger partial charge on any atom is -0.467 e. The minimum absolute atomic E-state index is 0.103.